The highest BCUT2D eigenvalue weighted by Gasteiger charge is 2.39. The van der Waals surface area contributed by atoms with Gasteiger partial charge in [-0.1, -0.05) is 18.6 Å². The molecule has 1 aromatic carbocycles. The quantitative estimate of drug-likeness (QED) is 0.753. The Bertz CT molecular complexity index is 660. The molecule has 24 heavy (non-hydrogen) atoms. The Kier molecular flexibility index (Phi) is 7.19. The first kappa shape index (κ1) is 20.9. The largest absolute Gasteiger partial charge is 0.354 e. The van der Waals surface area contributed by atoms with Crippen molar-refractivity contribution in [2.45, 2.75) is 37.1 Å². The molecule has 1 unspecified atom stereocenters. The van der Waals surface area contributed by atoms with E-state index in [1.807, 2.05) is 0 Å². The number of sulfone groups is 1. The molecule has 1 aliphatic carbocycles. The second-order valence-corrected chi connectivity index (χ2v) is 8.64. The van der Waals surface area contributed by atoms with E-state index >= 15 is 0 Å². The second-order valence-electron chi connectivity index (χ2n) is 6.38. The summed E-state index contributed by atoms with van der Waals surface area (Å²) in [6, 6.07) is 5.52. The van der Waals surface area contributed by atoms with Crippen molar-refractivity contribution in [1.29, 1.82) is 0 Å². The first-order valence-electron chi connectivity index (χ1n) is 7.69. The van der Waals surface area contributed by atoms with Crippen LogP contribution < -0.4 is 11.1 Å². The Balaban J connectivity index is 0.00000288. The lowest BCUT2D eigenvalue weighted by molar-refractivity contribution is -0.122. The van der Waals surface area contributed by atoms with Crippen LogP contribution in [0.1, 0.15) is 31.2 Å². The number of nitrogens with one attached hydrogen (secondary N) is 1. The minimum Gasteiger partial charge on any atom is -0.354 e. The van der Waals surface area contributed by atoms with Crippen LogP contribution in [0.3, 0.4) is 0 Å². The fourth-order valence-electron chi connectivity index (χ4n) is 2.83. The minimum absolute atomic E-state index is 0. The molecule has 1 aromatic rings. The van der Waals surface area contributed by atoms with Gasteiger partial charge in [0.05, 0.1) is 11.8 Å². The number of rotatable bonds is 7. The van der Waals surface area contributed by atoms with Crippen molar-refractivity contribution in [2.24, 2.45) is 5.73 Å². The Hall–Kier alpha value is -1.18. The minimum atomic E-state index is -3.13. The molecule has 136 valence electrons. The van der Waals surface area contributed by atoms with Gasteiger partial charge in [-0.05, 0) is 37.0 Å². The summed E-state index contributed by atoms with van der Waals surface area (Å²) in [5, 5.41) is 2.82. The highest BCUT2D eigenvalue weighted by Crippen LogP contribution is 2.43. The maximum atomic E-state index is 13.1. The average Bonchev–Trinajstić information content (AvgIpc) is 2.44. The number of hydrogen-bond donors (Lipinski definition) is 2. The lowest BCUT2D eigenvalue weighted by atomic mass is 9.64. The summed E-state index contributed by atoms with van der Waals surface area (Å²) in [6.45, 7) is 0.435. The summed E-state index contributed by atoms with van der Waals surface area (Å²) >= 11 is 0. The van der Waals surface area contributed by atoms with Crippen LogP contribution in [0.5, 0.6) is 0 Å². The predicted octanol–water partition coefficient (Wildman–Crippen LogP) is 1.55. The van der Waals surface area contributed by atoms with Gasteiger partial charge in [-0.3, -0.25) is 4.79 Å². The molecule has 3 N–H and O–H groups in total. The van der Waals surface area contributed by atoms with E-state index in [9.17, 15) is 17.6 Å². The average molecular weight is 379 g/mol. The van der Waals surface area contributed by atoms with Crippen LogP contribution in [0.4, 0.5) is 4.39 Å². The van der Waals surface area contributed by atoms with E-state index in [4.69, 9.17) is 5.73 Å². The van der Waals surface area contributed by atoms with Crippen molar-refractivity contribution in [3.05, 3.63) is 35.6 Å². The van der Waals surface area contributed by atoms with Crippen molar-refractivity contribution in [3.8, 4) is 0 Å². The molecule has 0 saturated heterocycles. The van der Waals surface area contributed by atoms with Gasteiger partial charge in [-0.15, -0.1) is 12.4 Å². The van der Waals surface area contributed by atoms with Crippen LogP contribution in [0.25, 0.3) is 0 Å². The van der Waals surface area contributed by atoms with Gasteiger partial charge in [-0.25, -0.2) is 12.8 Å². The molecule has 8 heteroatoms. The first-order chi connectivity index (χ1) is 10.7. The molecule has 0 bridgehead atoms. The maximum Gasteiger partial charge on any atom is 0.236 e. The molecular weight excluding hydrogens is 355 g/mol. The fourth-order valence-corrected chi connectivity index (χ4v) is 3.52. The third kappa shape index (κ3) is 5.43. The molecular formula is C16H24ClFN2O3S. The van der Waals surface area contributed by atoms with E-state index in [1.54, 1.807) is 12.1 Å². The molecule has 0 aliphatic heterocycles. The van der Waals surface area contributed by atoms with E-state index < -0.39 is 15.9 Å². The van der Waals surface area contributed by atoms with Gasteiger partial charge in [0, 0.05) is 18.2 Å². The van der Waals surface area contributed by atoms with Crippen LogP contribution >= 0.6 is 12.4 Å². The molecule has 1 atom stereocenters. The molecule has 1 amide bonds. The molecule has 5 nitrogen and oxygen atoms in total. The van der Waals surface area contributed by atoms with Crippen LogP contribution in [0.15, 0.2) is 24.3 Å². The zero-order valence-electron chi connectivity index (χ0n) is 13.6. The van der Waals surface area contributed by atoms with Crippen LogP contribution in [0.2, 0.25) is 0 Å². The van der Waals surface area contributed by atoms with Crippen molar-refractivity contribution in [3.63, 3.8) is 0 Å². The number of hydrogen-bond acceptors (Lipinski definition) is 4. The fraction of sp³-hybridized carbons (Fsp3) is 0.562. The van der Waals surface area contributed by atoms with Gasteiger partial charge < -0.3 is 11.1 Å². The number of halogens is 2. The van der Waals surface area contributed by atoms with Gasteiger partial charge >= 0.3 is 0 Å². The van der Waals surface area contributed by atoms with Crippen molar-refractivity contribution >= 4 is 28.2 Å². The van der Waals surface area contributed by atoms with Crippen molar-refractivity contribution in [1.82, 2.24) is 5.32 Å². The van der Waals surface area contributed by atoms with Crippen LogP contribution in [0, 0.1) is 5.82 Å². The Morgan fingerprint density at radius 2 is 1.92 bits per heavy atom. The normalized spacial score (nSPS) is 17.3. The van der Waals surface area contributed by atoms with E-state index in [1.165, 1.54) is 12.1 Å². The van der Waals surface area contributed by atoms with Gasteiger partial charge in [0.2, 0.25) is 5.91 Å². The molecule has 1 saturated carbocycles. The van der Waals surface area contributed by atoms with Gasteiger partial charge in [-0.2, -0.15) is 0 Å². The summed E-state index contributed by atoms with van der Waals surface area (Å²) in [6.07, 6.45) is 4.14. The summed E-state index contributed by atoms with van der Waals surface area (Å²) in [5.41, 5.74) is 6.59. The van der Waals surface area contributed by atoms with Crippen molar-refractivity contribution < 1.29 is 17.6 Å². The molecule has 0 heterocycles. The maximum absolute atomic E-state index is 13.1. The van der Waals surface area contributed by atoms with Crippen LogP contribution in [-0.4, -0.2) is 38.9 Å². The van der Waals surface area contributed by atoms with E-state index in [0.717, 1.165) is 31.1 Å². The lowest BCUT2D eigenvalue weighted by Gasteiger charge is -2.42. The zero-order chi connectivity index (χ0) is 17.1. The van der Waals surface area contributed by atoms with Gasteiger partial charge in [0.1, 0.15) is 15.7 Å². The summed E-state index contributed by atoms with van der Waals surface area (Å²) < 4.78 is 35.3. The third-order valence-corrected chi connectivity index (χ3v) is 5.48. The smallest absolute Gasteiger partial charge is 0.236 e. The number of carbonyl (C=O) groups is 1. The molecule has 1 fully saturated rings. The topological polar surface area (TPSA) is 89.3 Å². The third-order valence-electron chi connectivity index (χ3n) is 4.50. The standard InChI is InChI=1S/C16H23FN2O3S.ClH/c1-23(21,22)10-7-14(18)15(20)19-11-16(8-2-9-16)12-3-5-13(17)6-4-12;/h3-6,14H,2,7-11,18H2,1H3,(H,19,20);1H. The Morgan fingerprint density at radius 3 is 2.38 bits per heavy atom. The molecule has 0 aromatic heterocycles. The number of benzene rings is 1. The number of nitrogens with two attached hydrogens (primary N) is 1. The van der Waals surface area contributed by atoms with E-state index in [-0.39, 0.29) is 41.7 Å². The van der Waals surface area contributed by atoms with Gasteiger partial charge in [0.15, 0.2) is 0 Å². The van der Waals surface area contributed by atoms with E-state index in [2.05, 4.69) is 5.32 Å². The summed E-state index contributed by atoms with van der Waals surface area (Å²) in [5.74, 6) is -0.734. The van der Waals surface area contributed by atoms with E-state index in [0.29, 0.717) is 6.54 Å². The first-order valence-corrected chi connectivity index (χ1v) is 9.75. The number of amides is 1. The SMILES string of the molecule is CS(=O)(=O)CCC(N)C(=O)NCC1(c2ccc(F)cc2)CCC1.Cl. The summed E-state index contributed by atoms with van der Waals surface area (Å²) in [4.78, 5) is 12.0. The highest BCUT2D eigenvalue weighted by atomic mass is 35.5. The molecule has 0 radical (unpaired) electrons. The van der Waals surface area contributed by atoms with Gasteiger partial charge in [0.25, 0.3) is 0 Å². The zero-order valence-corrected chi connectivity index (χ0v) is 15.3. The second kappa shape index (κ2) is 8.27. The molecule has 2 rings (SSSR count). The number of carbonyl (C=O) groups excluding carboxylic acids is 1. The Labute approximate surface area is 148 Å². The summed E-state index contributed by atoms with van der Waals surface area (Å²) in [7, 11) is -3.13. The Morgan fingerprint density at radius 1 is 1.33 bits per heavy atom. The molecule has 1 aliphatic rings. The lowest BCUT2D eigenvalue weighted by Crippen LogP contribution is -2.50. The predicted molar refractivity (Wildman–Crippen MR) is 94.5 cm³/mol. The van der Waals surface area contributed by atoms with Crippen molar-refractivity contribution in [2.75, 3.05) is 18.6 Å². The highest BCUT2D eigenvalue weighted by molar-refractivity contribution is 7.90. The monoisotopic (exact) mass is 378 g/mol. The molecule has 0 spiro atoms. The van der Waals surface area contributed by atoms with Crippen LogP contribution in [-0.2, 0) is 20.0 Å².